The molecule has 1 heterocycles. The van der Waals surface area contributed by atoms with Gasteiger partial charge in [0.15, 0.2) is 0 Å². The van der Waals surface area contributed by atoms with Crippen LogP contribution in [0.3, 0.4) is 0 Å². The first-order valence-corrected chi connectivity index (χ1v) is 8.19. The highest BCUT2D eigenvalue weighted by Gasteiger charge is 2.37. The first-order chi connectivity index (χ1) is 11.6. The summed E-state index contributed by atoms with van der Waals surface area (Å²) in [6.45, 7) is 1.58. The van der Waals surface area contributed by atoms with Crippen LogP contribution in [-0.2, 0) is 16.0 Å². The van der Waals surface area contributed by atoms with Gasteiger partial charge in [-0.2, -0.15) is 5.10 Å². The monoisotopic (exact) mass is 327 g/mol. The van der Waals surface area contributed by atoms with Crippen molar-refractivity contribution in [3.8, 4) is 5.69 Å². The van der Waals surface area contributed by atoms with Crippen molar-refractivity contribution < 1.29 is 14.7 Å². The molecule has 24 heavy (non-hydrogen) atoms. The van der Waals surface area contributed by atoms with Crippen LogP contribution in [0.5, 0.6) is 0 Å². The van der Waals surface area contributed by atoms with Crippen molar-refractivity contribution >= 4 is 11.9 Å². The Balaban J connectivity index is 1.62. The van der Waals surface area contributed by atoms with Crippen LogP contribution in [0.15, 0.2) is 42.7 Å². The molecule has 1 aromatic carbocycles. The van der Waals surface area contributed by atoms with E-state index in [4.69, 9.17) is 0 Å². The Morgan fingerprint density at radius 3 is 2.67 bits per heavy atom. The van der Waals surface area contributed by atoms with Crippen LogP contribution in [0.1, 0.15) is 31.7 Å². The number of hydrogen-bond acceptors (Lipinski definition) is 3. The number of carbonyl (C=O) groups is 2. The Morgan fingerprint density at radius 1 is 1.33 bits per heavy atom. The van der Waals surface area contributed by atoms with E-state index in [-0.39, 0.29) is 11.9 Å². The zero-order valence-electron chi connectivity index (χ0n) is 13.6. The van der Waals surface area contributed by atoms with Crippen molar-refractivity contribution in [1.82, 2.24) is 14.7 Å². The van der Waals surface area contributed by atoms with Crippen LogP contribution in [0.25, 0.3) is 5.69 Å². The molecule has 0 spiro atoms. The Kier molecular flexibility index (Phi) is 4.64. The van der Waals surface area contributed by atoms with Gasteiger partial charge in [0.05, 0.1) is 11.9 Å². The largest absolute Gasteiger partial charge is 0.480 e. The zero-order valence-corrected chi connectivity index (χ0v) is 13.6. The highest BCUT2D eigenvalue weighted by Crippen LogP contribution is 2.29. The Labute approximate surface area is 140 Å². The Hall–Kier alpha value is -2.63. The fourth-order valence-electron chi connectivity index (χ4n) is 2.80. The van der Waals surface area contributed by atoms with Gasteiger partial charge in [-0.3, -0.25) is 4.79 Å². The predicted molar refractivity (Wildman–Crippen MR) is 88.9 cm³/mol. The van der Waals surface area contributed by atoms with Crippen LogP contribution in [0.2, 0.25) is 0 Å². The van der Waals surface area contributed by atoms with Gasteiger partial charge in [-0.25, -0.2) is 9.48 Å². The van der Waals surface area contributed by atoms with Crippen LogP contribution in [0.4, 0.5) is 0 Å². The molecule has 1 saturated carbocycles. The van der Waals surface area contributed by atoms with Crippen molar-refractivity contribution in [2.45, 2.75) is 44.7 Å². The van der Waals surface area contributed by atoms with Crippen molar-refractivity contribution in [2.75, 3.05) is 0 Å². The molecule has 6 heteroatoms. The standard InChI is InChI=1S/C18H21N3O3/c1-13(18(23)24)21(16-8-9-16)17(22)10-7-14-11-19-20(12-14)15-5-3-2-4-6-15/h2-6,11-13,16H,7-10H2,1H3,(H,23,24). The summed E-state index contributed by atoms with van der Waals surface area (Å²) in [4.78, 5) is 25.2. The zero-order chi connectivity index (χ0) is 17.1. The van der Waals surface area contributed by atoms with Crippen molar-refractivity contribution in [3.05, 3.63) is 48.3 Å². The molecular formula is C18H21N3O3. The van der Waals surface area contributed by atoms with Gasteiger partial charge in [0.25, 0.3) is 0 Å². The van der Waals surface area contributed by atoms with E-state index in [1.54, 1.807) is 17.8 Å². The van der Waals surface area contributed by atoms with Gasteiger partial charge in [0.1, 0.15) is 6.04 Å². The minimum absolute atomic E-state index is 0.0932. The second kappa shape index (κ2) is 6.86. The lowest BCUT2D eigenvalue weighted by atomic mass is 10.1. The van der Waals surface area contributed by atoms with E-state index in [0.29, 0.717) is 12.8 Å². The van der Waals surface area contributed by atoms with Crippen molar-refractivity contribution in [2.24, 2.45) is 0 Å². The topological polar surface area (TPSA) is 75.4 Å². The Morgan fingerprint density at radius 2 is 2.04 bits per heavy atom. The maximum atomic E-state index is 12.5. The third kappa shape index (κ3) is 3.64. The number of para-hydroxylation sites is 1. The van der Waals surface area contributed by atoms with Crippen LogP contribution in [-0.4, -0.2) is 43.7 Å². The minimum Gasteiger partial charge on any atom is -0.480 e. The minimum atomic E-state index is -0.952. The summed E-state index contributed by atoms with van der Waals surface area (Å²) < 4.78 is 1.78. The van der Waals surface area contributed by atoms with Gasteiger partial charge in [-0.05, 0) is 43.9 Å². The van der Waals surface area contributed by atoms with Crippen molar-refractivity contribution in [3.63, 3.8) is 0 Å². The number of aliphatic carboxylic acids is 1. The number of nitrogens with zero attached hydrogens (tertiary/aromatic N) is 3. The first kappa shape index (κ1) is 16.2. The number of carboxylic acids is 1. The summed E-state index contributed by atoms with van der Waals surface area (Å²) in [6.07, 6.45) is 6.31. The maximum absolute atomic E-state index is 12.5. The molecule has 2 aromatic rings. The molecular weight excluding hydrogens is 306 g/mol. The summed E-state index contributed by atoms with van der Waals surface area (Å²) >= 11 is 0. The molecule has 1 N–H and O–H groups in total. The molecule has 1 fully saturated rings. The average Bonchev–Trinajstić information content (AvgIpc) is 3.30. The SMILES string of the molecule is CC(C(=O)O)N(C(=O)CCc1cnn(-c2ccccc2)c1)C1CC1. The van der Waals surface area contributed by atoms with E-state index in [2.05, 4.69) is 5.10 Å². The van der Waals surface area contributed by atoms with Gasteiger partial charge in [-0.1, -0.05) is 18.2 Å². The first-order valence-electron chi connectivity index (χ1n) is 8.19. The number of hydrogen-bond donors (Lipinski definition) is 1. The van der Waals surface area contributed by atoms with Gasteiger partial charge >= 0.3 is 5.97 Å². The lowest BCUT2D eigenvalue weighted by molar-refractivity contribution is -0.150. The fourth-order valence-corrected chi connectivity index (χ4v) is 2.80. The lowest BCUT2D eigenvalue weighted by Crippen LogP contribution is -2.44. The summed E-state index contributed by atoms with van der Waals surface area (Å²) in [6, 6.07) is 9.09. The highest BCUT2D eigenvalue weighted by atomic mass is 16.4. The summed E-state index contributed by atoms with van der Waals surface area (Å²) in [7, 11) is 0. The normalized spacial score (nSPS) is 15.0. The van der Waals surface area contributed by atoms with Gasteiger partial charge < -0.3 is 10.0 Å². The third-order valence-electron chi connectivity index (χ3n) is 4.29. The van der Waals surface area contributed by atoms with E-state index in [9.17, 15) is 14.7 Å². The molecule has 1 atom stereocenters. The molecule has 0 bridgehead atoms. The van der Waals surface area contributed by atoms with Crippen LogP contribution in [0, 0.1) is 0 Å². The molecule has 1 aromatic heterocycles. The molecule has 3 rings (SSSR count). The maximum Gasteiger partial charge on any atom is 0.326 e. The predicted octanol–water partition coefficient (Wildman–Crippen LogP) is 2.27. The van der Waals surface area contributed by atoms with E-state index < -0.39 is 12.0 Å². The number of amides is 1. The smallest absolute Gasteiger partial charge is 0.326 e. The number of aryl methyl sites for hydroxylation is 1. The molecule has 1 unspecified atom stereocenters. The van der Waals surface area contributed by atoms with Gasteiger partial charge in [-0.15, -0.1) is 0 Å². The second-order valence-electron chi connectivity index (χ2n) is 6.18. The van der Waals surface area contributed by atoms with Gasteiger partial charge in [0.2, 0.25) is 5.91 Å². The van der Waals surface area contributed by atoms with Gasteiger partial charge in [0, 0.05) is 18.7 Å². The highest BCUT2D eigenvalue weighted by molar-refractivity contribution is 5.84. The van der Waals surface area contributed by atoms with E-state index in [1.807, 2.05) is 36.5 Å². The summed E-state index contributed by atoms with van der Waals surface area (Å²) in [5, 5.41) is 13.5. The van der Waals surface area contributed by atoms with E-state index in [0.717, 1.165) is 24.1 Å². The molecule has 0 aliphatic heterocycles. The molecule has 1 aliphatic carbocycles. The van der Waals surface area contributed by atoms with Crippen molar-refractivity contribution in [1.29, 1.82) is 0 Å². The van der Waals surface area contributed by atoms with E-state index >= 15 is 0 Å². The molecule has 1 aliphatic rings. The summed E-state index contributed by atoms with van der Waals surface area (Å²) in [5.74, 6) is -1.05. The van der Waals surface area contributed by atoms with E-state index in [1.165, 1.54) is 4.90 Å². The average molecular weight is 327 g/mol. The third-order valence-corrected chi connectivity index (χ3v) is 4.29. The molecule has 0 radical (unpaired) electrons. The van der Waals surface area contributed by atoms with Crippen LogP contribution < -0.4 is 0 Å². The van der Waals surface area contributed by atoms with Crippen LogP contribution >= 0.6 is 0 Å². The second-order valence-corrected chi connectivity index (χ2v) is 6.18. The molecule has 6 nitrogen and oxygen atoms in total. The lowest BCUT2D eigenvalue weighted by Gasteiger charge is -2.26. The fraction of sp³-hybridized carbons (Fsp3) is 0.389. The number of carbonyl (C=O) groups excluding carboxylic acids is 1. The molecule has 126 valence electrons. The Bertz CT molecular complexity index is 722. The number of carboxylic acid groups (broad SMARTS) is 1. The molecule has 0 saturated heterocycles. The summed E-state index contributed by atoms with van der Waals surface area (Å²) in [5.41, 5.74) is 1.93. The molecule has 1 amide bonds. The quantitative estimate of drug-likeness (QED) is 0.846. The number of benzene rings is 1. The number of aromatic nitrogens is 2. The number of rotatable bonds is 7.